The molecule has 3 rings (SSSR count). The molecule has 2 atom stereocenters. The standard InChI is InChI=1S/C21H25N3OS/c1-3-15-6-8-16(9-7-15)20(18-5-4-12-26-18)23-13-19(25)24-21(2,14-22)17-10-11-17/h4-9,12,17,20,23H,3,10-11,13H2,1-2H3,(H,24,25)/p+1/t20-,21-/m1/s1. The van der Waals surface area contributed by atoms with E-state index in [4.69, 9.17) is 0 Å². The molecule has 136 valence electrons. The fourth-order valence-electron chi connectivity index (χ4n) is 3.29. The van der Waals surface area contributed by atoms with E-state index in [9.17, 15) is 10.1 Å². The lowest BCUT2D eigenvalue weighted by molar-refractivity contribution is -0.676. The van der Waals surface area contributed by atoms with Crippen LogP contribution in [0.3, 0.4) is 0 Å². The van der Waals surface area contributed by atoms with Gasteiger partial charge in [-0.25, -0.2) is 0 Å². The third-order valence-corrected chi connectivity index (χ3v) is 6.12. The average Bonchev–Trinajstić information content (AvgIpc) is 3.39. The van der Waals surface area contributed by atoms with E-state index in [1.165, 1.54) is 16.0 Å². The molecule has 2 aromatic rings. The largest absolute Gasteiger partial charge is 0.333 e. The second-order valence-corrected chi connectivity index (χ2v) is 8.14. The number of carbonyl (C=O) groups excluding carboxylic acids is 1. The zero-order valence-electron chi connectivity index (χ0n) is 15.4. The molecule has 5 heteroatoms. The highest BCUT2D eigenvalue weighted by Gasteiger charge is 2.43. The molecule has 1 heterocycles. The van der Waals surface area contributed by atoms with Crippen LogP contribution in [0.4, 0.5) is 0 Å². The van der Waals surface area contributed by atoms with E-state index in [0.29, 0.717) is 12.5 Å². The number of carbonyl (C=O) groups is 1. The number of amides is 1. The molecule has 1 aliphatic carbocycles. The summed E-state index contributed by atoms with van der Waals surface area (Å²) in [6.07, 6.45) is 3.06. The lowest BCUT2D eigenvalue weighted by Gasteiger charge is -2.23. The zero-order valence-corrected chi connectivity index (χ0v) is 16.2. The van der Waals surface area contributed by atoms with Crippen molar-refractivity contribution >= 4 is 17.2 Å². The number of hydrogen-bond donors (Lipinski definition) is 2. The summed E-state index contributed by atoms with van der Waals surface area (Å²) in [5.41, 5.74) is 1.78. The molecule has 0 aliphatic heterocycles. The first kappa shape index (κ1) is 18.6. The number of hydrogen-bond acceptors (Lipinski definition) is 3. The van der Waals surface area contributed by atoms with Crippen molar-refractivity contribution in [2.45, 2.75) is 44.7 Å². The van der Waals surface area contributed by atoms with Crippen molar-refractivity contribution in [3.05, 3.63) is 57.8 Å². The molecule has 3 N–H and O–H groups in total. The predicted molar refractivity (Wildman–Crippen MR) is 104 cm³/mol. The maximum absolute atomic E-state index is 12.5. The molecule has 0 bridgehead atoms. The van der Waals surface area contributed by atoms with Crippen molar-refractivity contribution in [1.29, 1.82) is 5.26 Å². The van der Waals surface area contributed by atoms with Crippen LogP contribution in [0.2, 0.25) is 0 Å². The van der Waals surface area contributed by atoms with E-state index < -0.39 is 5.54 Å². The number of thiophene rings is 1. The van der Waals surface area contributed by atoms with Crippen LogP contribution in [0, 0.1) is 17.2 Å². The van der Waals surface area contributed by atoms with Crippen molar-refractivity contribution in [1.82, 2.24) is 5.32 Å². The molecule has 1 fully saturated rings. The van der Waals surface area contributed by atoms with Gasteiger partial charge in [0.1, 0.15) is 11.6 Å². The molecule has 0 radical (unpaired) electrons. The van der Waals surface area contributed by atoms with E-state index in [-0.39, 0.29) is 11.9 Å². The van der Waals surface area contributed by atoms with Crippen LogP contribution in [0.25, 0.3) is 0 Å². The fourth-order valence-corrected chi connectivity index (χ4v) is 4.14. The number of benzene rings is 1. The lowest BCUT2D eigenvalue weighted by Crippen LogP contribution is -2.88. The average molecular weight is 369 g/mol. The smallest absolute Gasteiger partial charge is 0.276 e. The summed E-state index contributed by atoms with van der Waals surface area (Å²) >= 11 is 1.70. The van der Waals surface area contributed by atoms with Gasteiger partial charge in [-0.1, -0.05) is 37.3 Å². The summed E-state index contributed by atoms with van der Waals surface area (Å²) in [6.45, 7) is 4.29. The number of nitrogens with zero attached hydrogens (tertiary/aromatic N) is 1. The van der Waals surface area contributed by atoms with Gasteiger partial charge in [-0.15, -0.1) is 11.3 Å². The van der Waals surface area contributed by atoms with Crippen LogP contribution in [0.15, 0.2) is 41.8 Å². The highest BCUT2D eigenvalue weighted by atomic mass is 32.1. The van der Waals surface area contributed by atoms with Crippen molar-refractivity contribution in [2.24, 2.45) is 5.92 Å². The summed E-state index contributed by atoms with van der Waals surface area (Å²) in [7, 11) is 0. The molecule has 1 amide bonds. The Bertz CT molecular complexity index is 775. The predicted octanol–water partition coefficient (Wildman–Crippen LogP) is 2.77. The Labute approximate surface area is 159 Å². The second-order valence-electron chi connectivity index (χ2n) is 7.16. The summed E-state index contributed by atoms with van der Waals surface area (Å²) in [5.74, 6) is 0.221. The van der Waals surface area contributed by atoms with Crippen LogP contribution in [-0.2, 0) is 11.2 Å². The van der Waals surface area contributed by atoms with Gasteiger partial charge in [-0.05, 0) is 49.1 Å². The van der Waals surface area contributed by atoms with Crippen molar-refractivity contribution in [2.75, 3.05) is 6.54 Å². The highest BCUT2D eigenvalue weighted by Crippen LogP contribution is 2.39. The number of rotatable bonds is 8. The minimum Gasteiger partial charge on any atom is -0.333 e. The number of nitrogens with two attached hydrogens (primary N) is 1. The van der Waals surface area contributed by atoms with Gasteiger partial charge in [0.2, 0.25) is 0 Å². The first-order valence-electron chi connectivity index (χ1n) is 9.23. The van der Waals surface area contributed by atoms with Crippen LogP contribution in [-0.4, -0.2) is 18.0 Å². The van der Waals surface area contributed by atoms with Crippen LogP contribution in [0.5, 0.6) is 0 Å². The quantitative estimate of drug-likeness (QED) is 0.752. The topological polar surface area (TPSA) is 69.5 Å². The number of aryl methyl sites for hydroxylation is 1. The van der Waals surface area contributed by atoms with Crippen LogP contribution < -0.4 is 10.6 Å². The highest BCUT2D eigenvalue weighted by molar-refractivity contribution is 7.10. The molecule has 4 nitrogen and oxygen atoms in total. The van der Waals surface area contributed by atoms with Gasteiger partial charge in [0.25, 0.3) is 5.91 Å². The number of nitrogens with one attached hydrogen (secondary N) is 1. The molecular formula is C21H26N3OS+. The van der Waals surface area contributed by atoms with E-state index in [1.807, 2.05) is 13.0 Å². The van der Waals surface area contributed by atoms with E-state index >= 15 is 0 Å². The Morgan fingerprint density at radius 1 is 1.38 bits per heavy atom. The Kier molecular flexibility index (Phi) is 5.75. The van der Waals surface area contributed by atoms with Gasteiger partial charge in [-0.2, -0.15) is 5.26 Å². The third kappa shape index (κ3) is 4.32. The van der Waals surface area contributed by atoms with Gasteiger partial charge in [-0.3, -0.25) is 4.79 Å². The maximum atomic E-state index is 12.5. The van der Waals surface area contributed by atoms with E-state index in [0.717, 1.165) is 19.3 Å². The Hall–Kier alpha value is -2.16. The molecule has 1 aliphatic rings. The summed E-state index contributed by atoms with van der Waals surface area (Å²) < 4.78 is 0. The molecule has 0 saturated heterocycles. The first-order chi connectivity index (χ1) is 12.6. The van der Waals surface area contributed by atoms with Crippen molar-refractivity contribution < 1.29 is 10.1 Å². The normalized spacial score (nSPS) is 17.1. The minimum absolute atomic E-state index is 0.0762. The van der Waals surface area contributed by atoms with Crippen LogP contribution in [0.1, 0.15) is 48.7 Å². The van der Waals surface area contributed by atoms with Gasteiger partial charge in [0.15, 0.2) is 6.54 Å². The SMILES string of the molecule is CCc1ccc([C@@H]([NH2+]CC(=O)N[C@](C)(C#N)C2CC2)c2cccs2)cc1. The van der Waals surface area contributed by atoms with Crippen molar-refractivity contribution in [3.8, 4) is 6.07 Å². The summed E-state index contributed by atoms with van der Waals surface area (Å²) in [5, 5.41) is 16.5. The molecule has 1 aromatic carbocycles. The van der Waals surface area contributed by atoms with Gasteiger partial charge >= 0.3 is 0 Å². The van der Waals surface area contributed by atoms with Crippen LogP contribution >= 0.6 is 11.3 Å². The van der Waals surface area contributed by atoms with Gasteiger partial charge < -0.3 is 10.6 Å². The minimum atomic E-state index is -0.730. The van der Waals surface area contributed by atoms with Crippen molar-refractivity contribution in [3.63, 3.8) is 0 Å². The lowest BCUT2D eigenvalue weighted by atomic mass is 9.98. The summed E-state index contributed by atoms with van der Waals surface area (Å²) in [4.78, 5) is 13.7. The monoisotopic (exact) mass is 368 g/mol. The number of nitriles is 1. The summed E-state index contributed by atoms with van der Waals surface area (Å²) in [6, 6.07) is 15.2. The Morgan fingerprint density at radius 2 is 2.12 bits per heavy atom. The molecule has 1 saturated carbocycles. The maximum Gasteiger partial charge on any atom is 0.276 e. The first-order valence-corrected chi connectivity index (χ1v) is 10.1. The molecule has 26 heavy (non-hydrogen) atoms. The number of quaternary nitrogens is 1. The van der Waals surface area contributed by atoms with E-state index in [2.05, 4.69) is 59.3 Å². The molecular weight excluding hydrogens is 342 g/mol. The van der Waals surface area contributed by atoms with Gasteiger partial charge in [0.05, 0.1) is 10.9 Å². The third-order valence-electron chi connectivity index (χ3n) is 5.16. The second kappa shape index (κ2) is 8.03. The molecule has 1 aromatic heterocycles. The van der Waals surface area contributed by atoms with E-state index in [1.54, 1.807) is 11.3 Å². The Morgan fingerprint density at radius 3 is 2.65 bits per heavy atom. The molecule has 0 unspecified atom stereocenters. The Balaban J connectivity index is 1.68. The molecule has 0 spiro atoms. The fraction of sp³-hybridized carbons (Fsp3) is 0.429. The van der Waals surface area contributed by atoms with Gasteiger partial charge in [0, 0.05) is 5.56 Å². The zero-order chi connectivity index (χ0) is 18.6.